The highest BCUT2D eigenvalue weighted by atomic mass is 35.5. The van der Waals surface area contributed by atoms with Crippen LogP contribution in [-0.2, 0) is 14.3 Å². The van der Waals surface area contributed by atoms with Crippen molar-refractivity contribution in [3.05, 3.63) is 46.2 Å². The number of fused-ring (bicyclic) bond motifs is 1. The van der Waals surface area contributed by atoms with Crippen molar-refractivity contribution in [2.75, 3.05) is 27.2 Å². The van der Waals surface area contributed by atoms with Crippen molar-refractivity contribution in [3.8, 4) is 0 Å². The van der Waals surface area contributed by atoms with Crippen molar-refractivity contribution in [1.82, 2.24) is 9.80 Å². The number of benzene rings is 1. The fraction of sp³-hybridized carbons (Fsp3) is 0.565. The summed E-state index contributed by atoms with van der Waals surface area (Å²) in [5, 5.41) is 0.524. The van der Waals surface area contributed by atoms with E-state index in [0.29, 0.717) is 30.0 Å². The quantitative estimate of drug-likeness (QED) is 0.634. The lowest BCUT2D eigenvalue weighted by Crippen LogP contribution is -2.44. The Morgan fingerprint density at radius 1 is 1.23 bits per heavy atom. The lowest BCUT2D eigenvalue weighted by molar-refractivity contribution is -0.136. The smallest absolute Gasteiger partial charge is 0.290 e. The molecule has 5 unspecified atom stereocenters. The molecule has 5 atom stereocenters. The number of ether oxygens (including phenoxy) is 1. The van der Waals surface area contributed by atoms with Crippen molar-refractivity contribution < 1.29 is 14.3 Å². The van der Waals surface area contributed by atoms with Crippen molar-refractivity contribution in [2.24, 2.45) is 11.8 Å². The van der Waals surface area contributed by atoms with Gasteiger partial charge >= 0.3 is 0 Å². The normalized spacial score (nSPS) is 31.1. The van der Waals surface area contributed by atoms with Crippen LogP contribution in [-0.4, -0.2) is 60.2 Å². The predicted octanol–water partition coefficient (Wildman–Crippen LogP) is 4.05. The van der Waals surface area contributed by atoms with Gasteiger partial charge in [0.1, 0.15) is 6.10 Å². The molecule has 5 nitrogen and oxygen atoms in total. The zero-order valence-electron chi connectivity index (χ0n) is 17.6. The summed E-state index contributed by atoms with van der Waals surface area (Å²) in [6.07, 6.45) is 1.81. The monoisotopic (exact) mass is 450 g/mol. The topological polar surface area (TPSA) is 49.9 Å². The number of amides is 1. The molecule has 1 amide bonds. The highest BCUT2D eigenvalue weighted by Gasteiger charge is 2.53. The Labute approximate surface area is 187 Å². The van der Waals surface area contributed by atoms with E-state index in [1.54, 1.807) is 11.0 Å². The minimum Gasteiger partial charge on any atom is -0.483 e. The zero-order chi connectivity index (χ0) is 21.6. The molecule has 1 aliphatic carbocycles. The summed E-state index contributed by atoms with van der Waals surface area (Å²) in [7, 11) is 4.01. The van der Waals surface area contributed by atoms with Crippen LogP contribution >= 0.6 is 23.2 Å². The maximum absolute atomic E-state index is 13.6. The number of halogens is 2. The van der Waals surface area contributed by atoms with Crippen LogP contribution in [0.4, 0.5) is 0 Å². The minimum absolute atomic E-state index is 0.00670. The van der Waals surface area contributed by atoms with Crippen LogP contribution in [0, 0.1) is 11.8 Å². The number of hydrogen-bond acceptors (Lipinski definition) is 4. The molecule has 1 aromatic rings. The molecule has 30 heavy (non-hydrogen) atoms. The SMILES string of the molecule is CC1CC2OC3=C(C(=O)C2CC1Cl)C(c1cccc(Cl)c1)N(CCCN(C)C)C3=O. The standard InChI is InChI=1S/C23H28Cl2N2O3/c1-13-10-18-16(12-17(13)25)21(28)19-20(14-6-4-7-15(24)11-14)27(9-5-8-26(2)3)23(29)22(19)30-18/h4,6-7,11,13,16-18,20H,5,8-10,12H2,1-3H3. The highest BCUT2D eigenvalue weighted by molar-refractivity contribution is 6.30. The second-order valence-electron chi connectivity index (χ2n) is 8.95. The average molecular weight is 451 g/mol. The van der Waals surface area contributed by atoms with Crippen LogP contribution < -0.4 is 0 Å². The Morgan fingerprint density at radius 2 is 2.00 bits per heavy atom. The van der Waals surface area contributed by atoms with E-state index in [9.17, 15) is 9.59 Å². The van der Waals surface area contributed by atoms with Crippen molar-refractivity contribution in [1.29, 1.82) is 0 Å². The molecule has 2 aliphatic heterocycles. The van der Waals surface area contributed by atoms with E-state index in [0.717, 1.165) is 18.5 Å². The summed E-state index contributed by atoms with van der Waals surface area (Å²) in [4.78, 5) is 30.8. The number of alkyl halides is 1. The van der Waals surface area contributed by atoms with E-state index >= 15 is 0 Å². The van der Waals surface area contributed by atoms with Gasteiger partial charge in [0.05, 0.1) is 17.5 Å². The molecule has 0 radical (unpaired) electrons. The molecule has 3 aliphatic rings. The van der Waals surface area contributed by atoms with Gasteiger partial charge in [0.2, 0.25) is 0 Å². The number of Topliss-reactive ketones (excluding diaryl/α,β-unsaturated/α-hetero) is 1. The summed E-state index contributed by atoms with van der Waals surface area (Å²) in [6, 6.07) is 6.94. The van der Waals surface area contributed by atoms with Gasteiger partial charge in [-0.25, -0.2) is 0 Å². The van der Waals surface area contributed by atoms with Gasteiger partial charge in [-0.05, 0) is 63.5 Å². The van der Waals surface area contributed by atoms with Gasteiger partial charge in [0.15, 0.2) is 11.5 Å². The largest absolute Gasteiger partial charge is 0.483 e. The van der Waals surface area contributed by atoms with Gasteiger partial charge in [-0.15, -0.1) is 11.6 Å². The van der Waals surface area contributed by atoms with Crippen molar-refractivity contribution in [2.45, 2.75) is 43.7 Å². The maximum Gasteiger partial charge on any atom is 0.290 e. The van der Waals surface area contributed by atoms with E-state index < -0.39 is 6.04 Å². The lowest BCUT2D eigenvalue weighted by Gasteiger charge is -2.40. The Kier molecular flexibility index (Phi) is 6.16. The number of hydrogen-bond donors (Lipinski definition) is 0. The molecule has 1 saturated carbocycles. The van der Waals surface area contributed by atoms with Crippen LogP contribution in [0.15, 0.2) is 35.6 Å². The number of carbonyl (C=O) groups is 2. The highest BCUT2D eigenvalue weighted by Crippen LogP contribution is 2.48. The van der Waals surface area contributed by atoms with Crippen LogP contribution in [0.3, 0.4) is 0 Å². The van der Waals surface area contributed by atoms with Crippen molar-refractivity contribution >= 4 is 34.9 Å². The van der Waals surface area contributed by atoms with Crippen LogP contribution in [0.1, 0.15) is 37.8 Å². The number of rotatable bonds is 5. The third kappa shape index (κ3) is 3.88. The summed E-state index contributed by atoms with van der Waals surface area (Å²) < 4.78 is 6.22. The Bertz CT molecular complexity index is 885. The van der Waals surface area contributed by atoms with Gasteiger partial charge in [-0.2, -0.15) is 0 Å². The van der Waals surface area contributed by atoms with E-state index in [1.165, 1.54) is 0 Å². The summed E-state index contributed by atoms with van der Waals surface area (Å²) in [6.45, 7) is 3.47. The molecule has 162 valence electrons. The third-order valence-corrected chi connectivity index (χ3v) is 7.32. The summed E-state index contributed by atoms with van der Waals surface area (Å²) in [5.74, 6) is 0.00247. The molecule has 7 heteroatoms. The van der Waals surface area contributed by atoms with Crippen LogP contribution in [0.5, 0.6) is 0 Å². The van der Waals surface area contributed by atoms with E-state index in [2.05, 4.69) is 11.8 Å². The van der Waals surface area contributed by atoms with Gasteiger partial charge in [-0.3, -0.25) is 9.59 Å². The number of ketones is 1. The van der Waals surface area contributed by atoms with E-state index in [1.807, 2.05) is 32.3 Å². The Hall–Kier alpha value is -1.56. The molecule has 0 N–H and O–H groups in total. The van der Waals surface area contributed by atoms with Crippen LogP contribution in [0.25, 0.3) is 0 Å². The molecule has 1 fully saturated rings. The molecule has 0 spiro atoms. The maximum atomic E-state index is 13.6. The fourth-order valence-electron chi connectivity index (χ4n) is 4.88. The molecule has 0 aromatic heterocycles. The summed E-state index contributed by atoms with van der Waals surface area (Å²) >= 11 is 12.8. The third-order valence-electron chi connectivity index (χ3n) is 6.47. The first kappa shape index (κ1) is 21.7. The Balaban J connectivity index is 1.71. The van der Waals surface area contributed by atoms with E-state index in [-0.39, 0.29) is 40.8 Å². The fourth-order valence-corrected chi connectivity index (χ4v) is 5.37. The molecular weight excluding hydrogens is 423 g/mol. The molecule has 0 bridgehead atoms. The second kappa shape index (κ2) is 8.52. The minimum atomic E-state index is -0.463. The molecular formula is C23H28Cl2N2O3. The first-order chi connectivity index (χ1) is 14.3. The predicted molar refractivity (Wildman–Crippen MR) is 118 cm³/mol. The number of nitrogens with zero attached hydrogens (tertiary/aromatic N) is 2. The van der Waals surface area contributed by atoms with E-state index in [4.69, 9.17) is 27.9 Å². The average Bonchev–Trinajstić information content (AvgIpc) is 2.96. The Morgan fingerprint density at radius 3 is 2.70 bits per heavy atom. The zero-order valence-corrected chi connectivity index (χ0v) is 19.1. The summed E-state index contributed by atoms with van der Waals surface area (Å²) in [5.41, 5.74) is 1.32. The molecule has 2 heterocycles. The van der Waals surface area contributed by atoms with Gasteiger partial charge < -0.3 is 14.5 Å². The molecule has 4 rings (SSSR count). The molecule has 0 saturated heterocycles. The van der Waals surface area contributed by atoms with Gasteiger partial charge in [0, 0.05) is 16.9 Å². The molecule has 1 aromatic carbocycles. The first-order valence-corrected chi connectivity index (χ1v) is 11.4. The van der Waals surface area contributed by atoms with Gasteiger partial charge in [0.25, 0.3) is 5.91 Å². The lowest BCUT2D eigenvalue weighted by atomic mass is 9.74. The van der Waals surface area contributed by atoms with Crippen LogP contribution in [0.2, 0.25) is 5.02 Å². The first-order valence-electron chi connectivity index (χ1n) is 10.6. The van der Waals surface area contributed by atoms with Gasteiger partial charge in [-0.1, -0.05) is 30.7 Å². The number of carbonyl (C=O) groups excluding carboxylic acids is 2. The van der Waals surface area contributed by atoms with Crippen molar-refractivity contribution in [3.63, 3.8) is 0 Å². The second-order valence-corrected chi connectivity index (χ2v) is 9.94.